The number of rotatable bonds is 14. The second kappa shape index (κ2) is 12.9. The maximum Gasteiger partial charge on any atom is 0.348 e. The van der Waals surface area contributed by atoms with Crippen LogP contribution in [0.25, 0.3) is 0 Å². The minimum absolute atomic E-state index is 0.0595. The van der Waals surface area contributed by atoms with Gasteiger partial charge in [0.1, 0.15) is 6.61 Å². The van der Waals surface area contributed by atoms with Crippen LogP contribution in [0.15, 0.2) is 35.0 Å². The summed E-state index contributed by atoms with van der Waals surface area (Å²) in [6.45, 7) is 5.91. The lowest BCUT2D eigenvalue weighted by atomic mass is 9.88. The van der Waals surface area contributed by atoms with Gasteiger partial charge in [-0.1, -0.05) is 6.92 Å². The fourth-order valence-electron chi connectivity index (χ4n) is 2.63. The molecule has 0 saturated heterocycles. The first-order chi connectivity index (χ1) is 15.7. The van der Waals surface area contributed by atoms with E-state index in [9.17, 15) is 39.5 Å². The molecule has 4 nitrogen and oxygen atoms in total. The highest BCUT2D eigenvalue weighted by Gasteiger charge is 2.70. The molecule has 34 heavy (non-hydrogen) atoms. The van der Waals surface area contributed by atoms with Crippen LogP contribution in [0.4, 0.5) is 39.5 Å². The Kier molecular flexibility index (Phi) is 11.6. The normalized spacial score (nSPS) is 24.3. The molecule has 0 N–H and O–H groups in total. The van der Waals surface area contributed by atoms with Crippen molar-refractivity contribution in [1.82, 2.24) is 0 Å². The summed E-state index contributed by atoms with van der Waals surface area (Å²) in [5.74, 6) is -24.3. The summed E-state index contributed by atoms with van der Waals surface area (Å²) in [6, 6.07) is 0. The van der Waals surface area contributed by atoms with Crippen LogP contribution in [-0.4, -0.2) is 62.9 Å². The van der Waals surface area contributed by atoms with E-state index in [1.807, 2.05) is 13.8 Å². The molecule has 13 heteroatoms. The Hall–Kier alpha value is -1.57. The number of hydrogen-bond acceptors (Lipinski definition) is 4. The molecule has 0 saturated carbocycles. The summed E-state index contributed by atoms with van der Waals surface area (Å²) in [6.07, 6.45) is -0.423. The maximum absolute atomic E-state index is 14.4. The molecule has 0 bridgehead atoms. The van der Waals surface area contributed by atoms with E-state index in [0.717, 1.165) is 6.42 Å². The van der Waals surface area contributed by atoms with E-state index in [1.165, 1.54) is 6.92 Å². The van der Waals surface area contributed by atoms with Gasteiger partial charge >= 0.3 is 5.92 Å². The third-order valence-electron chi connectivity index (χ3n) is 4.55. The lowest BCUT2D eigenvalue weighted by molar-refractivity contribution is -0.111. The molecule has 0 aromatic carbocycles. The van der Waals surface area contributed by atoms with E-state index < -0.39 is 65.9 Å². The molecule has 1 aliphatic carbocycles. The van der Waals surface area contributed by atoms with Crippen molar-refractivity contribution < 1.29 is 58.5 Å². The van der Waals surface area contributed by atoms with Gasteiger partial charge in [-0.05, 0) is 27.2 Å². The fourth-order valence-corrected chi connectivity index (χ4v) is 2.63. The minimum atomic E-state index is -5.89. The van der Waals surface area contributed by atoms with E-state index in [-0.39, 0.29) is 18.8 Å². The van der Waals surface area contributed by atoms with Gasteiger partial charge in [-0.15, -0.1) is 0 Å². The van der Waals surface area contributed by atoms with Crippen molar-refractivity contribution in [1.29, 1.82) is 0 Å². The van der Waals surface area contributed by atoms with Gasteiger partial charge in [-0.3, -0.25) is 0 Å². The summed E-state index contributed by atoms with van der Waals surface area (Å²) in [7, 11) is 0. The number of halogens is 9. The topological polar surface area (TPSA) is 36.9 Å². The molecule has 0 heterocycles. The van der Waals surface area contributed by atoms with Crippen LogP contribution in [0, 0.1) is 0 Å². The molecule has 1 aliphatic rings. The summed E-state index contributed by atoms with van der Waals surface area (Å²) in [5.41, 5.74) is -5.56. The standard InChI is InChI=1S/C21H27F9O4/c1-5-6-32-12(3)8-34-13(4)9-33-11(2)7-31-10-14(22)17(25)20(28)18(26)15(23)16(24)19(27)21(20,29)30/h11-13H,5-10H2,1-4H3. The average molecular weight is 514 g/mol. The molecule has 1 rings (SSSR count). The van der Waals surface area contributed by atoms with Gasteiger partial charge in [0.15, 0.2) is 29.1 Å². The van der Waals surface area contributed by atoms with Crippen molar-refractivity contribution in [2.24, 2.45) is 0 Å². The Balaban J connectivity index is 2.62. The number of allylic oxidation sites excluding steroid dienone is 5. The van der Waals surface area contributed by atoms with Crippen LogP contribution in [0.3, 0.4) is 0 Å². The molecule has 0 spiro atoms. The third-order valence-corrected chi connectivity index (χ3v) is 4.55. The predicted molar refractivity (Wildman–Crippen MR) is 104 cm³/mol. The summed E-state index contributed by atoms with van der Waals surface area (Å²) in [4.78, 5) is 0. The van der Waals surface area contributed by atoms with Crippen molar-refractivity contribution in [3.63, 3.8) is 0 Å². The third kappa shape index (κ3) is 6.98. The zero-order valence-corrected chi connectivity index (χ0v) is 19.0. The van der Waals surface area contributed by atoms with Crippen molar-refractivity contribution in [2.75, 3.05) is 33.0 Å². The van der Waals surface area contributed by atoms with E-state index in [0.29, 0.717) is 13.2 Å². The number of alkyl halides is 3. The van der Waals surface area contributed by atoms with Gasteiger partial charge in [-0.25, -0.2) is 30.7 Å². The van der Waals surface area contributed by atoms with Crippen LogP contribution in [-0.2, 0) is 18.9 Å². The quantitative estimate of drug-likeness (QED) is 0.250. The number of hydrogen-bond donors (Lipinski definition) is 0. The second-order valence-corrected chi connectivity index (χ2v) is 7.69. The van der Waals surface area contributed by atoms with Gasteiger partial charge in [0.2, 0.25) is 5.83 Å². The molecule has 0 fully saturated rings. The maximum atomic E-state index is 14.4. The number of ether oxygens (including phenoxy) is 4. The molecule has 0 aromatic heterocycles. The van der Waals surface area contributed by atoms with Crippen LogP contribution >= 0.6 is 0 Å². The minimum Gasteiger partial charge on any atom is -0.376 e. The molecular formula is C21H27F9O4. The van der Waals surface area contributed by atoms with Crippen LogP contribution < -0.4 is 0 Å². The first kappa shape index (κ1) is 30.5. The smallest absolute Gasteiger partial charge is 0.348 e. The van der Waals surface area contributed by atoms with E-state index >= 15 is 0 Å². The molecule has 0 amide bonds. The summed E-state index contributed by atoms with van der Waals surface area (Å²) < 4.78 is 144. The fraction of sp³-hybridized carbons (Fsp3) is 0.714. The van der Waals surface area contributed by atoms with Crippen molar-refractivity contribution >= 4 is 0 Å². The molecule has 198 valence electrons. The Morgan fingerprint density at radius 2 is 1.24 bits per heavy atom. The van der Waals surface area contributed by atoms with Gasteiger partial charge in [0.25, 0.3) is 5.67 Å². The Labute approximate surface area is 191 Å². The first-order valence-corrected chi connectivity index (χ1v) is 10.4. The van der Waals surface area contributed by atoms with Crippen LogP contribution in [0.5, 0.6) is 0 Å². The summed E-state index contributed by atoms with van der Waals surface area (Å²) in [5, 5.41) is 0. The molecule has 0 aliphatic heterocycles. The van der Waals surface area contributed by atoms with Gasteiger partial charge in [-0.2, -0.15) is 8.78 Å². The van der Waals surface area contributed by atoms with Gasteiger partial charge < -0.3 is 18.9 Å². The van der Waals surface area contributed by atoms with Gasteiger partial charge in [0.05, 0.1) is 38.1 Å². The van der Waals surface area contributed by atoms with E-state index in [2.05, 4.69) is 4.74 Å². The first-order valence-electron chi connectivity index (χ1n) is 10.4. The van der Waals surface area contributed by atoms with Crippen LogP contribution in [0.2, 0.25) is 0 Å². The highest BCUT2D eigenvalue weighted by Crippen LogP contribution is 2.56. The molecular weight excluding hydrogens is 487 g/mol. The predicted octanol–water partition coefficient (Wildman–Crippen LogP) is 6.44. The Morgan fingerprint density at radius 3 is 1.76 bits per heavy atom. The van der Waals surface area contributed by atoms with Gasteiger partial charge in [0, 0.05) is 6.61 Å². The average Bonchev–Trinajstić information content (AvgIpc) is 2.80. The lowest BCUT2D eigenvalue weighted by Gasteiger charge is -2.32. The van der Waals surface area contributed by atoms with Crippen molar-refractivity contribution in [2.45, 2.75) is 64.0 Å². The van der Waals surface area contributed by atoms with Crippen LogP contribution in [0.1, 0.15) is 34.1 Å². The SMILES string of the molecule is CCCOC(C)COC(C)COC(C)COCC(F)=C(F)C1(F)C(F)=C(F)C(F)=C(F)C1(F)F. The Bertz CT molecular complexity index is 784. The lowest BCUT2D eigenvalue weighted by Crippen LogP contribution is -2.49. The monoisotopic (exact) mass is 514 g/mol. The Morgan fingerprint density at radius 1 is 0.765 bits per heavy atom. The largest absolute Gasteiger partial charge is 0.376 e. The second-order valence-electron chi connectivity index (χ2n) is 7.69. The highest BCUT2D eigenvalue weighted by atomic mass is 19.3. The zero-order valence-electron chi connectivity index (χ0n) is 19.0. The molecule has 4 atom stereocenters. The van der Waals surface area contributed by atoms with E-state index in [1.54, 1.807) is 6.92 Å². The molecule has 0 radical (unpaired) electrons. The van der Waals surface area contributed by atoms with Crippen molar-refractivity contribution in [3.8, 4) is 0 Å². The molecule has 0 aromatic rings. The molecule has 4 unspecified atom stereocenters. The van der Waals surface area contributed by atoms with Crippen molar-refractivity contribution in [3.05, 3.63) is 35.0 Å². The van der Waals surface area contributed by atoms with E-state index in [4.69, 9.17) is 14.2 Å². The summed E-state index contributed by atoms with van der Waals surface area (Å²) >= 11 is 0. The zero-order chi connectivity index (χ0) is 26.3. The highest BCUT2D eigenvalue weighted by molar-refractivity contribution is 5.47.